The molecule has 2 atom stereocenters. The van der Waals surface area contributed by atoms with E-state index in [-0.39, 0.29) is 23.4 Å². The summed E-state index contributed by atoms with van der Waals surface area (Å²) < 4.78 is 32.8. The van der Waals surface area contributed by atoms with Crippen LogP contribution in [0.5, 0.6) is 5.75 Å². The van der Waals surface area contributed by atoms with Crippen molar-refractivity contribution in [3.8, 4) is 5.75 Å². The second kappa shape index (κ2) is 9.41. The van der Waals surface area contributed by atoms with E-state index in [1.54, 1.807) is 42.5 Å². The third kappa shape index (κ3) is 5.36. The third-order valence-corrected chi connectivity index (χ3v) is 6.91. The van der Waals surface area contributed by atoms with Crippen LogP contribution in [-0.2, 0) is 16.6 Å². The Labute approximate surface area is 172 Å². The molecule has 2 aromatic rings. The number of ether oxygens (including phenoxy) is 1. The summed E-state index contributed by atoms with van der Waals surface area (Å²) in [4.78, 5) is 12.6. The Morgan fingerprint density at radius 2 is 1.76 bits per heavy atom. The number of hydrogen-bond acceptors (Lipinski definition) is 4. The topological polar surface area (TPSA) is 84.5 Å². The number of para-hydroxylation sites is 1. The minimum absolute atomic E-state index is 0.0788. The SMILES string of the molecule is COc1ccccc1S(=O)(=O)NCc1ccc(C(=O)N[C@@H]2CCCC[C@H]2C)cc1. The van der Waals surface area contributed by atoms with Crippen molar-refractivity contribution in [1.82, 2.24) is 10.0 Å². The van der Waals surface area contributed by atoms with Crippen LogP contribution in [0.2, 0.25) is 0 Å². The first-order valence-electron chi connectivity index (χ1n) is 9.93. The fourth-order valence-electron chi connectivity index (χ4n) is 3.65. The lowest BCUT2D eigenvalue weighted by atomic mass is 9.86. The van der Waals surface area contributed by atoms with Gasteiger partial charge in [0.25, 0.3) is 5.91 Å². The van der Waals surface area contributed by atoms with E-state index in [0.717, 1.165) is 24.8 Å². The van der Waals surface area contributed by atoms with E-state index in [4.69, 9.17) is 4.74 Å². The average molecular weight is 417 g/mol. The van der Waals surface area contributed by atoms with E-state index in [0.29, 0.717) is 17.2 Å². The molecule has 0 radical (unpaired) electrons. The van der Waals surface area contributed by atoms with Crippen LogP contribution in [0.3, 0.4) is 0 Å². The molecule has 1 amide bonds. The maximum absolute atomic E-state index is 12.6. The van der Waals surface area contributed by atoms with E-state index in [2.05, 4.69) is 17.0 Å². The molecule has 6 nitrogen and oxygen atoms in total. The lowest BCUT2D eigenvalue weighted by Gasteiger charge is -2.29. The summed E-state index contributed by atoms with van der Waals surface area (Å²) >= 11 is 0. The monoisotopic (exact) mass is 416 g/mol. The van der Waals surface area contributed by atoms with Crippen molar-refractivity contribution in [2.75, 3.05) is 7.11 Å². The highest BCUT2D eigenvalue weighted by molar-refractivity contribution is 7.89. The number of methoxy groups -OCH3 is 1. The molecule has 2 aromatic carbocycles. The van der Waals surface area contributed by atoms with Crippen LogP contribution < -0.4 is 14.8 Å². The predicted octanol–water partition coefficient (Wildman–Crippen LogP) is 3.48. The smallest absolute Gasteiger partial charge is 0.251 e. The van der Waals surface area contributed by atoms with Gasteiger partial charge in [0.05, 0.1) is 7.11 Å². The molecule has 0 spiro atoms. The zero-order chi connectivity index (χ0) is 20.9. The molecule has 156 valence electrons. The highest BCUT2D eigenvalue weighted by Crippen LogP contribution is 2.24. The normalized spacial score (nSPS) is 19.5. The second-order valence-corrected chi connectivity index (χ2v) is 9.25. The van der Waals surface area contributed by atoms with Crippen LogP contribution in [0.15, 0.2) is 53.4 Å². The molecule has 0 unspecified atom stereocenters. The van der Waals surface area contributed by atoms with Crippen molar-refractivity contribution in [3.63, 3.8) is 0 Å². The van der Waals surface area contributed by atoms with E-state index < -0.39 is 10.0 Å². The summed E-state index contributed by atoms with van der Waals surface area (Å²) in [7, 11) is -2.27. The zero-order valence-electron chi connectivity index (χ0n) is 16.9. The fraction of sp³-hybridized carbons (Fsp3) is 0.409. The van der Waals surface area contributed by atoms with Crippen LogP contribution in [0.25, 0.3) is 0 Å². The number of rotatable bonds is 7. The number of carbonyl (C=O) groups is 1. The first kappa shape index (κ1) is 21.3. The van der Waals surface area contributed by atoms with Gasteiger partial charge in [-0.2, -0.15) is 0 Å². The molecule has 1 saturated carbocycles. The molecular weight excluding hydrogens is 388 g/mol. The van der Waals surface area contributed by atoms with Crippen molar-refractivity contribution in [1.29, 1.82) is 0 Å². The highest BCUT2D eigenvalue weighted by Gasteiger charge is 2.23. The third-order valence-electron chi connectivity index (χ3n) is 5.47. The Hall–Kier alpha value is -2.38. The minimum Gasteiger partial charge on any atom is -0.495 e. The van der Waals surface area contributed by atoms with Crippen LogP contribution in [0, 0.1) is 5.92 Å². The Morgan fingerprint density at radius 3 is 2.45 bits per heavy atom. The molecule has 3 rings (SSSR count). The van der Waals surface area contributed by atoms with Gasteiger partial charge in [0.15, 0.2) is 0 Å². The zero-order valence-corrected chi connectivity index (χ0v) is 17.7. The van der Waals surface area contributed by atoms with E-state index in [9.17, 15) is 13.2 Å². The lowest BCUT2D eigenvalue weighted by molar-refractivity contribution is 0.0910. The summed E-state index contributed by atoms with van der Waals surface area (Å²) in [5.41, 5.74) is 1.35. The molecule has 2 N–H and O–H groups in total. The molecule has 29 heavy (non-hydrogen) atoms. The van der Waals surface area contributed by atoms with Crippen LogP contribution in [0.1, 0.15) is 48.5 Å². The number of amides is 1. The van der Waals surface area contributed by atoms with Crippen LogP contribution in [-0.4, -0.2) is 27.5 Å². The molecule has 1 fully saturated rings. The minimum atomic E-state index is -3.71. The molecule has 0 aromatic heterocycles. The number of hydrogen-bond donors (Lipinski definition) is 2. The van der Waals surface area contributed by atoms with Crippen molar-refractivity contribution < 1.29 is 17.9 Å². The van der Waals surface area contributed by atoms with Gasteiger partial charge in [-0.3, -0.25) is 4.79 Å². The molecule has 0 saturated heterocycles. The van der Waals surface area contributed by atoms with E-state index in [1.807, 2.05) is 0 Å². The van der Waals surface area contributed by atoms with Gasteiger partial charge in [0.1, 0.15) is 10.6 Å². The Balaban J connectivity index is 1.61. The molecule has 0 heterocycles. The molecule has 1 aliphatic rings. The van der Waals surface area contributed by atoms with Crippen molar-refractivity contribution in [2.45, 2.75) is 50.1 Å². The Bertz CT molecular complexity index is 942. The molecular formula is C22H28N2O4S. The maximum atomic E-state index is 12.6. The summed E-state index contributed by atoms with van der Waals surface area (Å²) in [6.45, 7) is 2.31. The van der Waals surface area contributed by atoms with Gasteiger partial charge in [-0.05, 0) is 48.6 Å². The second-order valence-electron chi connectivity index (χ2n) is 7.51. The van der Waals surface area contributed by atoms with Crippen LogP contribution in [0.4, 0.5) is 0 Å². The quantitative estimate of drug-likeness (QED) is 0.724. The molecule has 0 bridgehead atoms. The van der Waals surface area contributed by atoms with Gasteiger partial charge in [0.2, 0.25) is 10.0 Å². The first-order valence-corrected chi connectivity index (χ1v) is 11.4. The highest BCUT2D eigenvalue weighted by atomic mass is 32.2. The molecule has 7 heteroatoms. The van der Waals surface area contributed by atoms with Gasteiger partial charge in [-0.1, -0.05) is 44.0 Å². The van der Waals surface area contributed by atoms with Crippen molar-refractivity contribution in [3.05, 3.63) is 59.7 Å². The van der Waals surface area contributed by atoms with E-state index in [1.165, 1.54) is 19.6 Å². The Morgan fingerprint density at radius 1 is 1.07 bits per heavy atom. The van der Waals surface area contributed by atoms with Gasteiger partial charge in [0, 0.05) is 18.2 Å². The predicted molar refractivity (Wildman–Crippen MR) is 112 cm³/mol. The van der Waals surface area contributed by atoms with Gasteiger partial charge in [-0.15, -0.1) is 0 Å². The number of sulfonamides is 1. The summed E-state index contributed by atoms with van der Waals surface area (Å²) in [6, 6.07) is 13.7. The fourth-order valence-corrected chi connectivity index (χ4v) is 4.84. The number of nitrogens with one attached hydrogen (secondary N) is 2. The van der Waals surface area contributed by atoms with Gasteiger partial charge in [-0.25, -0.2) is 13.1 Å². The lowest BCUT2D eigenvalue weighted by Crippen LogP contribution is -2.41. The molecule has 1 aliphatic carbocycles. The summed E-state index contributed by atoms with van der Waals surface area (Å²) in [5.74, 6) is 0.713. The standard InChI is InChI=1S/C22H28N2O4S/c1-16-7-3-4-8-19(16)24-22(25)18-13-11-17(12-14-18)15-23-29(26,27)21-10-6-5-9-20(21)28-2/h5-6,9-14,16,19,23H,3-4,7-8,15H2,1-2H3,(H,24,25)/t16-,19-/m1/s1. The van der Waals surface area contributed by atoms with E-state index >= 15 is 0 Å². The van der Waals surface area contributed by atoms with Gasteiger partial charge < -0.3 is 10.1 Å². The van der Waals surface area contributed by atoms with Crippen LogP contribution >= 0.6 is 0 Å². The molecule has 0 aliphatic heterocycles. The Kier molecular flexibility index (Phi) is 6.92. The number of carbonyl (C=O) groups excluding carboxylic acids is 1. The number of benzene rings is 2. The average Bonchev–Trinajstić information content (AvgIpc) is 2.74. The van der Waals surface area contributed by atoms with Crippen molar-refractivity contribution in [2.24, 2.45) is 5.92 Å². The van der Waals surface area contributed by atoms with Gasteiger partial charge >= 0.3 is 0 Å². The summed E-state index contributed by atoms with van der Waals surface area (Å²) in [5, 5.41) is 3.13. The maximum Gasteiger partial charge on any atom is 0.251 e. The first-order chi connectivity index (χ1) is 13.9. The summed E-state index contributed by atoms with van der Waals surface area (Å²) in [6.07, 6.45) is 4.56. The largest absolute Gasteiger partial charge is 0.495 e. The van der Waals surface area contributed by atoms with Crippen molar-refractivity contribution >= 4 is 15.9 Å².